The molecule has 57 heavy (non-hydrogen) atoms. The highest BCUT2D eigenvalue weighted by Crippen LogP contribution is 2.38. The number of hydrogen-bond acceptors (Lipinski definition) is 2. The van der Waals surface area contributed by atoms with Crippen molar-refractivity contribution in [3.05, 3.63) is 223 Å². The quantitative estimate of drug-likeness (QED) is 0.147. The van der Waals surface area contributed by atoms with Crippen LogP contribution in [0.4, 0.5) is 0 Å². The van der Waals surface area contributed by atoms with Crippen LogP contribution >= 0.6 is 0 Å². The Morgan fingerprint density at radius 3 is 1.49 bits per heavy atom. The molecule has 10 aromatic rings. The van der Waals surface area contributed by atoms with E-state index >= 15 is 0 Å². The van der Waals surface area contributed by atoms with Crippen molar-refractivity contribution in [2.24, 2.45) is 4.99 Å². The number of nitrogens with zero attached hydrogens (tertiary/aromatic N) is 3. The van der Waals surface area contributed by atoms with Crippen molar-refractivity contribution in [1.29, 1.82) is 0 Å². The molecule has 1 N–H and O–H groups in total. The van der Waals surface area contributed by atoms with E-state index < -0.39 is 0 Å². The van der Waals surface area contributed by atoms with Crippen LogP contribution in [0.25, 0.3) is 71.8 Å². The van der Waals surface area contributed by atoms with Crippen molar-refractivity contribution >= 4 is 55.0 Å². The van der Waals surface area contributed by atoms with Crippen molar-refractivity contribution in [1.82, 2.24) is 14.5 Å². The third-order valence-corrected chi connectivity index (χ3v) is 11.0. The molecule has 0 saturated carbocycles. The van der Waals surface area contributed by atoms with E-state index in [0.29, 0.717) is 6.54 Å². The summed E-state index contributed by atoms with van der Waals surface area (Å²) in [6, 6.07) is 71.6. The van der Waals surface area contributed by atoms with Gasteiger partial charge in [-0.05, 0) is 94.6 Å². The molecule has 0 aliphatic heterocycles. The van der Waals surface area contributed by atoms with Crippen LogP contribution in [-0.2, 0) is 6.54 Å². The molecule has 0 radical (unpaired) electrons. The predicted octanol–water partition coefficient (Wildman–Crippen LogP) is 12.8. The summed E-state index contributed by atoms with van der Waals surface area (Å²) in [5.74, 6) is 0. The van der Waals surface area contributed by atoms with Crippen LogP contribution in [0.1, 0.15) is 16.7 Å². The monoisotopic (exact) mass is 732 g/mol. The molecule has 0 aliphatic rings. The Balaban J connectivity index is 1.05. The van der Waals surface area contributed by atoms with Gasteiger partial charge in [-0.25, -0.2) is 0 Å². The van der Waals surface area contributed by atoms with Crippen LogP contribution in [0, 0.1) is 0 Å². The van der Waals surface area contributed by atoms with E-state index in [-0.39, 0.29) is 0 Å². The summed E-state index contributed by atoms with van der Waals surface area (Å²) in [4.78, 5) is 5.15. The molecule has 8 aromatic carbocycles. The van der Waals surface area contributed by atoms with Gasteiger partial charge in [-0.15, -0.1) is 0 Å². The number of hydrogen-bond donors (Lipinski definition) is 1. The molecule has 0 atom stereocenters. The predicted molar refractivity (Wildman–Crippen MR) is 241 cm³/mol. The van der Waals surface area contributed by atoms with Crippen molar-refractivity contribution < 1.29 is 0 Å². The molecular weight excluding hydrogens is 693 g/mol. The van der Waals surface area contributed by atoms with Gasteiger partial charge in [0, 0.05) is 45.7 Å². The molecular formula is C53H40N4. The van der Waals surface area contributed by atoms with Gasteiger partial charge in [-0.2, -0.15) is 0 Å². The molecule has 4 nitrogen and oxygen atoms in total. The highest BCUT2D eigenvalue weighted by molar-refractivity contribution is 6.14. The third-order valence-electron chi connectivity index (χ3n) is 11.0. The van der Waals surface area contributed by atoms with Crippen LogP contribution < -0.4 is 5.32 Å². The molecule has 0 fully saturated rings. The summed E-state index contributed by atoms with van der Waals surface area (Å²) in [7, 11) is 1.97. The van der Waals surface area contributed by atoms with Gasteiger partial charge in [0.2, 0.25) is 0 Å². The molecule has 0 unspecified atom stereocenters. The molecule has 272 valence electrons. The van der Waals surface area contributed by atoms with Gasteiger partial charge in [0.1, 0.15) is 0 Å². The molecule has 0 amide bonds. The van der Waals surface area contributed by atoms with E-state index in [0.717, 1.165) is 28.2 Å². The number of allylic oxidation sites excluding steroid dienone is 1. The van der Waals surface area contributed by atoms with Crippen LogP contribution in [0.15, 0.2) is 211 Å². The topological polar surface area (TPSA) is 34.2 Å². The molecule has 0 aliphatic carbocycles. The first-order valence-corrected chi connectivity index (χ1v) is 19.5. The maximum atomic E-state index is 5.15. The summed E-state index contributed by atoms with van der Waals surface area (Å²) in [5.41, 5.74) is 14.7. The van der Waals surface area contributed by atoms with Crippen LogP contribution in [0.2, 0.25) is 0 Å². The van der Waals surface area contributed by atoms with Crippen molar-refractivity contribution in [2.75, 3.05) is 7.05 Å². The minimum atomic E-state index is 0.595. The molecule has 0 spiro atoms. The number of fused-ring (bicyclic) bond motifs is 6. The lowest BCUT2D eigenvalue weighted by atomic mass is 10.0. The van der Waals surface area contributed by atoms with E-state index in [9.17, 15) is 0 Å². The van der Waals surface area contributed by atoms with Crippen molar-refractivity contribution in [3.63, 3.8) is 0 Å². The number of para-hydroxylation sites is 3. The van der Waals surface area contributed by atoms with Gasteiger partial charge in [-0.3, -0.25) is 4.99 Å². The lowest BCUT2D eigenvalue weighted by molar-refractivity contribution is 1.07. The molecule has 0 saturated heterocycles. The maximum absolute atomic E-state index is 5.15. The Morgan fingerprint density at radius 1 is 0.456 bits per heavy atom. The zero-order valence-electron chi connectivity index (χ0n) is 31.7. The molecule has 2 heterocycles. The number of aliphatic imine (C=N–C) groups is 1. The summed E-state index contributed by atoms with van der Waals surface area (Å²) in [5, 5.41) is 8.37. The summed E-state index contributed by atoms with van der Waals surface area (Å²) in [6.45, 7) is 0.595. The van der Waals surface area contributed by atoms with Crippen molar-refractivity contribution in [3.8, 4) is 22.5 Å². The minimum Gasteiger partial charge on any atom is -0.388 e. The fourth-order valence-electron chi connectivity index (χ4n) is 8.25. The Kier molecular flexibility index (Phi) is 8.77. The van der Waals surface area contributed by atoms with E-state index in [1.807, 2.05) is 19.2 Å². The smallest absolute Gasteiger partial charge is 0.0671 e. The Labute approximate surface area is 332 Å². The van der Waals surface area contributed by atoms with Gasteiger partial charge in [0.15, 0.2) is 0 Å². The highest BCUT2D eigenvalue weighted by Gasteiger charge is 2.16. The summed E-state index contributed by atoms with van der Waals surface area (Å²) >= 11 is 0. The number of aromatic nitrogens is 2. The Bertz CT molecular complexity index is 3100. The molecule has 2 aromatic heterocycles. The average Bonchev–Trinajstić information content (AvgIpc) is 3.80. The Morgan fingerprint density at radius 2 is 0.930 bits per heavy atom. The zero-order valence-corrected chi connectivity index (χ0v) is 31.7. The van der Waals surface area contributed by atoms with Crippen LogP contribution in [-0.4, -0.2) is 21.9 Å². The highest BCUT2D eigenvalue weighted by atomic mass is 15.0. The van der Waals surface area contributed by atoms with E-state index in [1.165, 1.54) is 66.0 Å². The van der Waals surface area contributed by atoms with E-state index in [4.69, 9.17) is 4.99 Å². The number of benzene rings is 8. The van der Waals surface area contributed by atoms with E-state index in [2.05, 4.69) is 209 Å². The lowest BCUT2D eigenvalue weighted by Crippen LogP contribution is -2.09. The summed E-state index contributed by atoms with van der Waals surface area (Å²) < 4.78 is 4.75. The average molecular weight is 733 g/mol. The molecule has 0 bridgehead atoms. The number of nitrogens with one attached hydrogen (secondary N) is 1. The maximum Gasteiger partial charge on any atom is 0.0671 e. The van der Waals surface area contributed by atoms with Gasteiger partial charge < -0.3 is 14.5 Å². The first kappa shape index (κ1) is 34.1. The zero-order chi connectivity index (χ0) is 38.1. The minimum absolute atomic E-state index is 0.595. The fraction of sp³-hybridized carbons (Fsp3) is 0.0377. The fourth-order valence-corrected chi connectivity index (χ4v) is 8.25. The second-order valence-corrected chi connectivity index (χ2v) is 14.4. The van der Waals surface area contributed by atoms with Crippen LogP contribution in [0.3, 0.4) is 0 Å². The number of rotatable bonds is 9. The normalized spacial score (nSPS) is 12.2. The second-order valence-electron chi connectivity index (χ2n) is 14.4. The van der Waals surface area contributed by atoms with E-state index in [1.54, 1.807) is 0 Å². The first-order chi connectivity index (χ1) is 28.2. The van der Waals surface area contributed by atoms with Gasteiger partial charge in [-0.1, -0.05) is 140 Å². The third kappa shape index (κ3) is 6.27. The Hall–Kier alpha value is -7.43. The van der Waals surface area contributed by atoms with Crippen molar-refractivity contribution in [2.45, 2.75) is 6.54 Å². The molecule has 4 heteroatoms. The SMILES string of the molecule is CN/C(=C\C(=NCc1ccccc1)c1ccc(-n2c3ccccc3c3cc(-c4ccc5c(c4)c4ccccc4n5-c4ccccc4)ccc32)cc1)c1ccccc1. The molecule has 10 rings (SSSR count). The lowest BCUT2D eigenvalue weighted by Gasteiger charge is -2.12. The second kappa shape index (κ2) is 14.7. The summed E-state index contributed by atoms with van der Waals surface area (Å²) in [6.07, 6.45) is 2.16. The van der Waals surface area contributed by atoms with Gasteiger partial charge in [0.05, 0.1) is 34.3 Å². The van der Waals surface area contributed by atoms with Gasteiger partial charge >= 0.3 is 0 Å². The van der Waals surface area contributed by atoms with Gasteiger partial charge in [0.25, 0.3) is 0 Å². The largest absolute Gasteiger partial charge is 0.388 e. The van der Waals surface area contributed by atoms with Crippen LogP contribution in [0.5, 0.6) is 0 Å². The standard InChI is InChI=1S/C53H40N4/c1-54-48(38-17-7-3-8-18-38)35-49(55-36-37-15-5-2-6-16-37)39-25-29-43(30-26-39)57-51-24-14-12-22-45(51)47-34-41(28-32-53(47)57)40-27-31-52-46(33-40)44-21-11-13-23-50(44)56(52)42-19-9-4-10-20-42/h2-35,54H,36H2,1H3/b48-35-,55-49?. The first-order valence-electron chi connectivity index (χ1n) is 19.5.